The molecule has 0 saturated carbocycles. The molecule has 410 valence electrons. The first-order valence-electron chi connectivity index (χ1n) is 21.0. The number of hydrogen-bond acceptors (Lipinski definition) is 1. The van der Waals surface area contributed by atoms with Gasteiger partial charge in [-0.15, -0.1) is 0 Å². The number of aromatic nitrogens is 1. The summed E-state index contributed by atoms with van der Waals surface area (Å²) in [4.78, 5) is 12.1. The van der Waals surface area contributed by atoms with Gasteiger partial charge in [-0.1, -0.05) is 66.7 Å². The third-order valence-electron chi connectivity index (χ3n) is 11.7. The topological polar surface area (TPSA) is 20.9 Å². The molecule has 28 heteroatoms. The minimum absolute atomic E-state index is 0.0368. The van der Waals surface area contributed by atoms with E-state index >= 15 is 0 Å². The lowest BCUT2D eigenvalue weighted by molar-refractivity contribution is -0.681. The second-order valence-corrected chi connectivity index (χ2v) is 16.9. The summed E-state index contributed by atoms with van der Waals surface area (Å²) in [7, 11) is 0. The van der Waals surface area contributed by atoms with Crippen LogP contribution in [0, 0.1) is 5.82 Å². The normalized spacial score (nSPS) is 13.4. The van der Waals surface area contributed by atoms with Gasteiger partial charge in [-0.3, -0.25) is 4.79 Å². The monoisotopic (exact) mass is 1130 g/mol. The molecule has 0 radical (unpaired) electrons. The highest BCUT2D eigenvalue weighted by Gasteiger charge is 2.47. The van der Waals surface area contributed by atoms with Crippen LogP contribution in [0.15, 0.2) is 140 Å². The summed E-state index contributed by atoms with van der Waals surface area (Å²) in [6.45, 7) is 0.246. The summed E-state index contributed by atoms with van der Waals surface area (Å²) in [5.41, 5.74) is -29.7. The lowest BCUT2D eigenvalue weighted by atomic mass is 9.12. The summed E-state index contributed by atoms with van der Waals surface area (Å²) in [6, 6.07) is 6.79. The fraction of sp³-hybridized carbons (Fsp3) is 0.184. The van der Waals surface area contributed by atoms with E-state index in [-0.39, 0.29) is 18.1 Å². The van der Waals surface area contributed by atoms with Gasteiger partial charge >= 0.3 is 49.4 Å². The Morgan fingerprint density at radius 3 is 0.870 bits per heavy atom. The van der Waals surface area contributed by atoms with Gasteiger partial charge in [-0.05, 0) is 60.0 Å². The number of Topliss-reactive ketones (excluding diaryl/α,β-unsaturated/α-hetero) is 1. The molecule has 0 N–H and O–H groups in total. The summed E-state index contributed by atoms with van der Waals surface area (Å²) in [6.07, 6.45) is -51.0. The second-order valence-electron chi connectivity index (χ2n) is 16.9. The summed E-state index contributed by atoms with van der Waals surface area (Å²) >= 11 is 0. The first-order valence-corrected chi connectivity index (χ1v) is 21.0. The maximum absolute atomic E-state index is 14.2. The number of rotatable bonds is 7. The Hall–Kier alpha value is -7.29. The number of hydrogen-bond donors (Lipinski definition) is 0. The first-order chi connectivity index (χ1) is 35.0. The molecule has 2 nitrogen and oxygen atoms in total. The van der Waals surface area contributed by atoms with Crippen molar-refractivity contribution in [3.05, 3.63) is 196 Å². The Morgan fingerprint density at radius 1 is 0.351 bits per heavy atom. The zero-order valence-electron chi connectivity index (χ0n) is 37.4. The number of fused-ring (bicyclic) bond motifs is 1. The molecular formula is C49H25BF25NO. The largest absolute Gasteiger partial charge is 0.416 e. The minimum atomic E-state index is -6.13. The van der Waals surface area contributed by atoms with E-state index in [9.17, 15) is 115 Å². The van der Waals surface area contributed by atoms with Crippen molar-refractivity contribution in [1.29, 1.82) is 0 Å². The van der Waals surface area contributed by atoms with E-state index in [2.05, 4.69) is 0 Å². The molecule has 0 fully saturated rings. The molecule has 0 spiro atoms. The number of pyridine rings is 1. The first kappa shape index (κ1) is 59.0. The van der Waals surface area contributed by atoms with Crippen LogP contribution in [0.4, 0.5) is 110 Å². The highest BCUT2D eigenvalue weighted by Crippen LogP contribution is 2.41. The van der Waals surface area contributed by atoms with Gasteiger partial charge in [0.15, 0.2) is 12.4 Å². The molecule has 0 bridgehead atoms. The molecule has 0 aliphatic carbocycles. The van der Waals surface area contributed by atoms with Crippen LogP contribution in [0.2, 0.25) is 0 Å². The van der Waals surface area contributed by atoms with Crippen LogP contribution in [-0.2, 0) is 56.0 Å². The van der Waals surface area contributed by atoms with Gasteiger partial charge in [0.05, 0.1) is 44.5 Å². The number of benzene rings is 6. The Balaban J connectivity index is 0.000000397. The Labute approximate surface area is 414 Å². The number of carbonyl (C=O) groups is 1. The molecule has 0 unspecified atom stereocenters. The highest BCUT2D eigenvalue weighted by molar-refractivity contribution is 7.20. The summed E-state index contributed by atoms with van der Waals surface area (Å²) in [5, 5.41) is 2.22. The van der Waals surface area contributed by atoms with Crippen LogP contribution in [-0.4, -0.2) is 11.9 Å². The van der Waals surface area contributed by atoms with Crippen molar-refractivity contribution < 1.29 is 119 Å². The summed E-state index contributed by atoms with van der Waals surface area (Å²) < 4.78 is 355. The van der Waals surface area contributed by atoms with Crippen LogP contribution in [0.25, 0.3) is 10.8 Å². The predicted octanol–water partition coefficient (Wildman–Crippen LogP) is 14.4. The fourth-order valence-electron chi connectivity index (χ4n) is 8.24. The molecule has 7 rings (SSSR count). The maximum atomic E-state index is 14.2. The van der Waals surface area contributed by atoms with Crippen molar-refractivity contribution >= 4 is 44.6 Å². The van der Waals surface area contributed by atoms with Gasteiger partial charge in [-0.25, -0.2) is 4.39 Å². The van der Waals surface area contributed by atoms with Crippen molar-refractivity contribution in [3.8, 4) is 0 Å². The number of ketones is 1. The van der Waals surface area contributed by atoms with Crippen molar-refractivity contribution in [3.63, 3.8) is 0 Å². The Kier molecular flexibility index (Phi) is 15.5. The van der Waals surface area contributed by atoms with Crippen LogP contribution < -0.4 is 26.4 Å². The van der Waals surface area contributed by atoms with Crippen molar-refractivity contribution in [2.24, 2.45) is 0 Å². The number of carbonyl (C=O) groups excluding carboxylic acids is 1. The summed E-state index contributed by atoms with van der Waals surface area (Å²) in [5.74, 6) is -0.370. The number of nitrogens with zero attached hydrogens (tertiary/aromatic N) is 1. The van der Waals surface area contributed by atoms with Gasteiger partial charge in [-0.2, -0.15) is 132 Å². The predicted molar refractivity (Wildman–Crippen MR) is 225 cm³/mol. The molecule has 0 aliphatic rings. The van der Waals surface area contributed by atoms with Gasteiger partial charge in [0.25, 0.3) is 0 Å². The minimum Gasteiger partial charge on any atom is -0.287 e. The second kappa shape index (κ2) is 20.3. The molecule has 0 saturated heterocycles. The van der Waals surface area contributed by atoms with E-state index in [1.165, 1.54) is 24.3 Å². The molecule has 77 heavy (non-hydrogen) atoms. The molecule has 0 atom stereocenters. The average molecular weight is 1130 g/mol. The third kappa shape index (κ3) is 13.5. The van der Waals surface area contributed by atoms with Crippen molar-refractivity contribution in [1.82, 2.24) is 0 Å². The highest BCUT2D eigenvalue weighted by atomic mass is 19.4. The molecule has 1 aromatic heterocycles. The lowest BCUT2D eigenvalue weighted by Gasteiger charge is -2.46. The Bertz CT molecular complexity index is 2870. The molecule has 6 aromatic carbocycles. The van der Waals surface area contributed by atoms with Crippen molar-refractivity contribution in [2.45, 2.75) is 56.0 Å². The fourth-order valence-corrected chi connectivity index (χ4v) is 8.24. The van der Waals surface area contributed by atoms with E-state index in [0.29, 0.717) is 5.56 Å². The van der Waals surface area contributed by atoms with Gasteiger partial charge < -0.3 is 0 Å². The molecule has 7 aromatic rings. The van der Waals surface area contributed by atoms with Crippen molar-refractivity contribution in [2.75, 3.05) is 0 Å². The maximum Gasteiger partial charge on any atom is 0.416 e. The van der Waals surface area contributed by atoms with E-state index < -0.39 is 195 Å². The molecule has 1 heterocycles. The Morgan fingerprint density at radius 2 is 0.610 bits per heavy atom. The zero-order chi connectivity index (χ0) is 57.9. The van der Waals surface area contributed by atoms with Gasteiger partial charge in [0.2, 0.25) is 12.3 Å². The van der Waals surface area contributed by atoms with E-state index in [0.717, 1.165) is 10.8 Å². The average Bonchev–Trinajstić information content (AvgIpc) is 3.29. The van der Waals surface area contributed by atoms with Crippen LogP contribution >= 0.6 is 0 Å². The van der Waals surface area contributed by atoms with E-state index in [4.69, 9.17) is 0 Å². The molecule has 0 amide bonds. The molecule has 0 aliphatic heterocycles. The lowest BCUT2D eigenvalue weighted by Crippen LogP contribution is -2.75. The van der Waals surface area contributed by atoms with E-state index in [1.807, 2.05) is 47.3 Å². The van der Waals surface area contributed by atoms with E-state index in [1.54, 1.807) is 0 Å². The molecular weight excluding hydrogens is 1100 g/mol. The zero-order valence-corrected chi connectivity index (χ0v) is 37.4. The standard InChI is InChI=1S/C32H12BF24.C17H13FNO/c34-25(35,36)13-1-14(26(37,38)39)6-21(5-13)33(22-7-15(27(40,41)42)2-16(8-22)28(43,44)45,23-9-17(29(46,47)48)3-18(10-23)30(49,50)51)24-11-19(31(52,53)54)4-20(12-24)32(55,56)57;18-16-7-5-14(6-8-16)17(20)12-19-10-9-13-3-1-2-4-15(13)11-19/h1-12H;1-11H,12H2/q-1;+1. The number of alkyl halides is 24. The number of halogens is 25. The van der Waals surface area contributed by atoms with Gasteiger partial charge in [0, 0.05) is 17.0 Å². The third-order valence-corrected chi connectivity index (χ3v) is 11.7. The van der Waals surface area contributed by atoms with Gasteiger partial charge in [0.1, 0.15) is 12.0 Å². The van der Waals surface area contributed by atoms with Crippen LogP contribution in [0.1, 0.15) is 54.9 Å². The quantitative estimate of drug-likeness (QED) is 0.0674. The van der Waals surface area contributed by atoms with Crippen LogP contribution in [0.3, 0.4) is 0 Å². The van der Waals surface area contributed by atoms with Crippen LogP contribution in [0.5, 0.6) is 0 Å². The smallest absolute Gasteiger partial charge is 0.287 e. The SMILES string of the molecule is FC(F)(F)c1cc([B-](c2cc(C(F)(F)F)cc(C(F)(F)F)c2)(c2cc(C(F)(F)F)cc(C(F)(F)F)c2)c2cc(C(F)(F)F)cc(C(F)(F)F)c2)cc(C(F)(F)F)c1.O=C(C[n+]1ccc2ccccc2c1)c1ccc(F)cc1.